The van der Waals surface area contributed by atoms with Crippen molar-refractivity contribution in [3.8, 4) is 0 Å². The molecule has 2 unspecified atom stereocenters. The van der Waals surface area contributed by atoms with Crippen LogP contribution in [-0.4, -0.2) is 53.9 Å². The fraction of sp³-hybridized carbons (Fsp3) is 0.929. The maximum Gasteiger partial charge on any atom is 0.263 e. The maximum absolute atomic E-state index is 11.5. The average molecular weight is 285 g/mol. The summed E-state index contributed by atoms with van der Waals surface area (Å²) in [5.74, 6) is 4.92. The molecule has 0 aromatic rings. The van der Waals surface area contributed by atoms with Crippen LogP contribution in [0.1, 0.15) is 40.5 Å². The van der Waals surface area contributed by atoms with Gasteiger partial charge in [-0.25, -0.2) is 5.84 Å². The van der Waals surface area contributed by atoms with Gasteiger partial charge in [0.2, 0.25) is 0 Å². The molecule has 2 rings (SSSR count). The first-order valence-electron chi connectivity index (χ1n) is 7.29. The zero-order valence-electron chi connectivity index (χ0n) is 12.9. The zero-order chi connectivity index (χ0) is 15.0. The van der Waals surface area contributed by atoms with E-state index >= 15 is 0 Å². The summed E-state index contributed by atoms with van der Waals surface area (Å²) in [6, 6.07) is 0. The topological polar surface area (TPSA) is 76.8 Å². The van der Waals surface area contributed by atoms with Crippen LogP contribution in [0, 0.1) is 0 Å². The van der Waals surface area contributed by atoms with Crippen molar-refractivity contribution in [1.82, 2.24) is 10.3 Å². The quantitative estimate of drug-likeness (QED) is 0.446. The van der Waals surface area contributed by atoms with Gasteiger partial charge in [-0.15, -0.1) is 0 Å². The van der Waals surface area contributed by atoms with Crippen molar-refractivity contribution < 1.29 is 14.3 Å². The highest BCUT2D eigenvalue weighted by Crippen LogP contribution is 2.29. The monoisotopic (exact) mass is 285 g/mol. The molecule has 6 nitrogen and oxygen atoms in total. The third-order valence-electron chi connectivity index (χ3n) is 3.77. The number of carbonyl (C=O) groups is 1. The maximum atomic E-state index is 11.5. The number of amides is 1. The van der Waals surface area contributed by atoms with Crippen molar-refractivity contribution in [3.05, 3.63) is 0 Å². The third-order valence-corrected chi connectivity index (χ3v) is 3.77. The number of nitrogens with two attached hydrogens (primary N) is 1. The van der Waals surface area contributed by atoms with Gasteiger partial charge in [0, 0.05) is 19.6 Å². The molecule has 20 heavy (non-hydrogen) atoms. The summed E-state index contributed by atoms with van der Waals surface area (Å²) in [5, 5.41) is 0. The van der Waals surface area contributed by atoms with E-state index in [1.54, 1.807) is 0 Å². The Morgan fingerprint density at radius 2 is 1.85 bits per heavy atom. The number of nitrogens with zero attached hydrogens (tertiary/aromatic N) is 1. The lowest BCUT2D eigenvalue weighted by atomic mass is 9.98. The first-order valence-corrected chi connectivity index (χ1v) is 7.29. The number of carbonyl (C=O) groups excluding carboxylic acids is 1. The molecule has 0 saturated carbocycles. The van der Waals surface area contributed by atoms with E-state index in [0.29, 0.717) is 0 Å². The van der Waals surface area contributed by atoms with Gasteiger partial charge in [0.05, 0.1) is 17.3 Å². The first kappa shape index (κ1) is 15.7. The Morgan fingerprint density at radius 1 is 1.25 bits per heavy atom. The van der Waals surface area contributed by atoms with E-state index in [-0.39, 0.29) is 23.2 Å². The van der Waals surface area contributed by atoms with Gasteiger partial charge in [0.1, 0.15) is 6.10 Å². The van der Waals surface area contributed by atoms with Crippen LogP contribution in [0.4, 0.5) is 0 Å². The number of hydrogen-bond acceptors (Lipinski definition) is 5. The molecule has 3 N–H and O–H groups in total. The van der Waals surface area contributed by atoms with Crippen molar-refractivity contribution in [2.45, 2.75) is 63.9 Å². The lowest BCUT2D eigenvalue weighted by Gasteiger charge is -2.47. The van der Waals surface area contributed by atoms with Crippen molar-refractivity contribution in [3.63, 3.8) is 0 Å². The highest BCUT2D eigenvalue weighted by Gasteiger charge is 2.40. The minimum atomic E-state index is -0.396. The largest absolute Gasteiger partial charge is 0.367 e. The second-order valence-electron chi connectivity index (χ2n) is 7.12. The molecule has 2 aliphatic rings. The van der Waals surface area contributed by atoms with E-state index < -0.39 is 6.10 Å². The Balaban J connectivity index is 1.89. The van der Waals surface area contributed by atoms with E-state index in [2.05, 4.69) is 38.0 Å². The lowest BCUT2D eigenvalue weighted by molar-refractivity contribution is -0.184. The van der Waals surface area contributed by atoms with Crippen LogP contribution in [0.2, 0.25) is 0 Å². The van der Waals surface area contributed by atoms with Gasteiger partial charge in [-0.1, -0.05) is 0 Å². The Labute approximate surface area is 120 Å². The van der Waals surface area contributed by atoms with Gasteiger partial charge >= 0.3 is 0 Å². The van der Waals surface area contributed by atoms with Gasteiger partial charge in [-0.3, -0.25) is 15.1 Å². The van der Waals surface area contributed by atoms with Crippen LogP contribution in [0.25, 0.3) is 0 Å². The van der Waals surface area contributed by atoms with Crippen molar-refractivity contribution in [2.24, 2.45) is 5.84 Å². The molecule has 0 spiro atoms. The molecule has 0 radical (unpaired) electrons. The van der Waals surface area contributed by atoms with Gasteiger partial charge in [0.15, 0.2) is 0 Å². The van der Waals surface area contributed by atoms with Gasteiger partial charge in [-0.2, -0.15) is 0 Å². The third kappa shape index (κ3) is 3.91. The number of ether oxygens (including phenoxy) is 2. The zero-order valence-corrected chi connectivity index (χ0v) is 12.9. The van der Waals surface area contributed by atoms with Crippen LogP contribution in [0.5, 0.6) is 0 Å². The molecule has 2 heterocycles. The highest BCUT2D eigenvalue weighted by atomic mass is 16.5. The van der Waals surface area contributed by atoms with E-state index in [4.69, 9.17) is 15.3 Å². The highest BCUT2D eigenvalue weighted by molar-refractivity contribution is 5.80. The minimum Gasteiger partial charge on any atom is -0.367 e. The molecular weight excluding hydrogens is 258 g/mol. The molecule has 2 atom stereocenters. The predicted molar refractivity (Wildman–Crippen MR) is 75.9 cm³/mol. The Hall–Kier alpha value is -0.690. The molecule has 0 aromatic carbocycles. The first-order chi connectivity index (χ1) is 9.21. The molecule has 2 fully saturated rings. The van der Waals surface area contributed by atoms with Crippen LogP contribution >= 0.6 is 0 Å². The molecule has 2 saturated heterocycles. The molecule has 2 aliphatic heterocycles. The van der Waals surface area contributed by atoms with Crippen molar-refractivity contribution in [2.75, 3.05) is 19.6 Å². The Bertz CT molecular complexity index is 355. The molecular formula is C14H27N3O3. The number of nitrogens with one attached hydrogen (secondary N) is 1. The average Bonchev–Trinajstić information content (AvgIpc) is 2.72. The molecule has 0 aromatic heterocycles. The summed E-state index contributed by atoms with van der Waals surface area (Å²) in [6.45, 7) is 11.0. The summed E-state index contributed by atoms with van der Waals surface area (Å²) >= 11 is 0. The second-order valence-corrected chi connectivity index (χ2v) is 7.12. The van der Waals surface area contributed by atoms with Crippen LogP contribution < -0.4 is 11.3 Å². The van der Waals surface area contributed by atoms with E-state index in [1.165, 1.54) is 0 Å². The number of hydrazine groups is 1. The number of morpholine rings is 1. The molecule has 6 heteroatoms. The van der Waals surface area contributed by atoms with E-state index in [0.717, 1.165) is 32.5 Å². The Morgan fingerprint density at radius 3 is 2.40 bits per heavy atom. The van der Waals surface area contributed by atoms with E-state index in [9.17, 15) is 4.79 Å². The summed E-state index contributed by atoms with van der Waals surface area (Å²) in [5.41, 5.74) is 1.84. The Kier molecular flexibility index (Phi) is 4.39. The van der Waals surface area contributed by atoms with Gasteiger partial charge in [-0.05, 0) is 40.5 Å². The van der Waals surface area contributed by atoms with Crippen molar-refractivity contribution in [1.29, 1.82) is 0 Å². The van der Waals surface area contributed by atoms with Crippen molar-refractivity contribution >= 4 is 5.91 Å². The predicted octanol–water partition coefficient (Wildman–Crippen LogP) is 0.413. The van der Waals surface area contributed by atoms with Crippen LogP contribution in [0.15, 0.2) is 0 Å². The number of hydrogen-bond donors (Lipinski definition) is 2. The summed E-state index contributed by atoms with van der Waals surface area (Å²) in [4.78, 5) is 13.8. The standard InChI is InChI=1S/C14H27N3O3/c1-13(2)8-17(9-14(3,4)20-13)7-10-5-6-11(19-10)12(18)16-15/h10-11H,5-9,15H2,1-4H3,(H,16,18). The number of rotatable bonds is 3. The minimum absolute atomic E-state index is 0.0991. The summed E-state index contributed by atoms with van der Waals surface area (Å²) in [7, 11) is 0. The second kappa shape index (κ2) is 5.60. The molecule has 0 bridgehead atoms. The summed E-state index contributed by atoms with van der Waals surface area (Å²) in [6.07, 6.45) is 1.34. The normalized spacial score (nSPS) is 33.0. The lowest BCUT2D eigenvalue weighted by Crippen LogP contribution is -2.58. The van der Waals surface area contributed by atoms with Gasteiger partial charge in [0.25, 0.3) is 5.91 Å². The molecule has 0 aliphatic carbocycles. The smallest absolute Gasteiger partial charge is 0.263 e. The van der Waals surface area contributed by atoms with Gasteiger partial charge < -0.3 is 9.47 Å². The molecule has 116 valence electrons. The van der Waals surface area contributed by atoms with E-state index in [1.807, 2.05) is 0 Å². The molecule has 1 amide bonds. The summed E-state index contributed by atoms with van der Waals surface area (Å²) < 4.78 is 11.8. The SMILES string of the molecule is CC1(C)CN(CC2CCC(C(=O)NN)O2)CC(C)(C)O1. The van der Waals surface area contributed by atoms with Crippen LogP contribution in [0.3, 0.4) is 0 Å². The fourth-order valence-electron chi connectivity index (χ4n) is 3.49. The fourth-order valence-corrected chi connectivity index (χ4v) is 3.49. The van der Waals surface area contributed by atoms with Crippen LogP contribution in [-0.2, 0) is 14.3 Å².